The largest absolute Gasteiger partial charge is 0.355 e. The Hall–Kier alpha value is -2.39. The van der Waals surface area contributed by atoms with Gasteiger partial charge in [0, 0.05) is 12.6 Å². The lowest BCUT2D eigenvalue weighted by atomic mass is 10.2. The van der Waals surface area contributed by atoms with Gasteiger partial charge in [-0.1, -0.05) is 12.1 Å². The highest BCUT2D eigenvalue weighted by Crippen LogP contribution is 2.39. The van der Waals surface area contributed by atoms with E-state index in [0.29, 0.717) is 9.27 Å². The Morgan fingerprint density at radius 3 is 1.78 bits per heavy atom. The SMILES string of the molecule is CNC(=O)c1ccc(N2S(=O)(=O)c3ccccc3S2(=O)=O)cc1. The summed E-state index contributed by atoms with van der Waals surface area (Å²) < 4.78 is 50.6. The average Bonchev–Trinajstić information content (AvgIpc) is 2.70. The molecule has 120 valence electrons. The van der Waals surface area contributed by atoms with E-state index < -0.39 is 20.0 Å². The molecule has 1 N–H and O–H groups in total. The Morgan fingerprint density at radius 1 is 0.870 bits per heavy atom. The van der Waals surface area contributed by atoms with Gasteiger partial charge in [0.2, 0.25) is 0 Å². The number of nitrogens with zero attached hydrogens (tertiary/aromatic N) is 1. The van der Waals surface area contributed by atoms with Crippen LogP contribution in [0.5, 0.6) is 0 Å². The molecular formula is C14H12N2O5S2. The second kappa shape index (κ2) is 5.07. The lowest BCUT2D eigenvalue weighted by Crippen LogP contribution is -2.30. The molecule has 7 nitrogen and oxygen atoms in total. The molecule has 0 atom stereocenters. The maximum Gasteiger partial charge on any atom is 0.279 e. The minimum atomic E-state index is -4.20. The van der Waals surface area contributed by atoms with Gasteiger partial charge in [0.05, 0.1) is 5.69 Å². The third-order valence-corrected chi connectivity index (χ3v) is 7.83. The molecule has 0 aromatic heterocycles. The van der Waals surface area contributed by atoms with Crippen LogP contribution in [-0.2, 0) is 20.0 Å². The highest BCUT2D eigenvalue weighted by Gasteiger charge is 2.47. The van der Waals surface area contributed by atoms with Gasteiger partial charge in [-0.25, -0.2) is 0 Å². The normalized spacial score (nSPS) is 17.5. The maximum absolute atomic E-state index is 12.5. The number of carbonyl (C=O) groups excluding carboxylic acids is 1. The van der Waals surface area contributed by atoms with Crippen LogP contribution in [0.1, 0.15) is 10.4 Å². The van der Waals surface area contributed by atoms with Crippen molar-refractivity contribution < 1.29 is 21.6 Å². The molecule has 0 radical (unpaired) electrons. The molecule has 1 heterocycles. The van der Waals surface area contributed by atoms with Crippen LogP contribution < -0.4 is 9.03 Å². The average molecular weight is 352 g/mol. The van der Waals surface area contributed by atoms with Crippen molar-refractivity contribution in [2.45, 2.75) is 9.79 Å². The molecule has 0 fully saturated rings. The van der Waals surface area contributed by atoms with Crippen LogP contribution in [0.3, 0.4) is 0 Å². The van der Waals surface area contributed by atoms with Gasteiger partial charge < -0.3 is 5.32 Å². The fraction of sp³-hybridized carbons (Fsp3) is 0.0714. The number of benzene rings is 2. The van der Waals surface area contributed by atoms with Crippen LogP contribution >= 0.6 is 0 Å². The molecule has 1 aliphatic heterocycles. The summed E-state index contributed by atoms with van der Waals surface area (Å²) in [5, 5.41) is 2.43. The van der Waals surface area contributed by atoms with Crippen LogP contribution in [0.15, 0.2) is 58.3 Å². The summed E-state index contributed by atoms with van der Waals surface area (Å²) in [7, 11) is -6.94. The van der Waals surface area contributed by atoms with Gasteiger partial charge in [-0.05, 0) is 36.4 Å². The number of hydrogen-bond acceptors (Lipinski definition) is 5. The number of anilines is 1. The fourth-order valence-electron chi connectivity index (χ4n) is 2.34. The topological polar surface area (TPSA) is 101 Å². The zero-order valence-corrected chi connectivity index (χ0v) is 13.6. The van der Waals surface area contributed by atoms with Crippen LogP contribution in [0.4, 0.5) is 5.69 Å². The number of rotatable bonds is 2. The third kappa shape index (κ3) is 2.20. The van der Waals surface area contributed by atoms with Crippen LogP contribution in [0.25, 0.3) is 0 Å². The number of carbonyl (C=O) groups is 1. The van der Waals surface area contributed by atoms with Gasteiger partial charge in [0.15, 0.2) is 0 Å². The first-order valence-electron chi connectivity index (χ1n) is 6.52. The van der Waals surface area contributed by atoms with Gasteiger partial charge in [0.25, 0.3) is 26.0 Å². The predicted octanol–water partition coefficient (Wildman–Crippen LogP) is 0.944. The van der Waals surface area contributed by atoms with E-state index in [2.05, 4.69) is 5.32 Å². The van der Waals surface area contributed by atoms with E-state index in [1.807, 2.05) is 0 Å². The molecule has 2 aromatic carbocycles. The molecule has 1 aliphatic rings. The molecule has 0 saturated carbocycles. The molecule has 23 heavy (non-hydrogen) atoms. The minimum absolute atomic E-state index is 0.0474. The summed E-state index contributed by atoms with van der Waals surface area (Å²) in [4.78, 5) is 11.0. The third-order valence-electron chi connectivity index (χ3n) is 3.41. The van der Waals surface area contributed by atoms with Crippen molar-refractivity contribution >= 4 is 31.6 Å². The van der Waals surface area contributed by atoms with E-state index >= 15 is 0 Å². The Labute approximate surface area is 133 Å². The Morgan fingerprint density at radius 2 is 1.35 bits per heavy atom. The quantitative estimate of drug-likeness (QED) is 0.867. The van der Waals surface area contributed by atoms with E-state index in [9.17, 15) is 21.6 Å². The first-order valence-corrected chi connectivity index (χ1v) is 9.40. The van der Waals surface area contributed by atoms with Crippen molar-refractivity contribution in [3.8, 4) is 0 Å². The lowest BCUT2D eigenvalue weighted by Gasteiger charge is -2.16. The number of nitrogens with one attached hydrogen (secondary N) is 1. The summed E-state index contributed by atoms with van der Waals surface area (Å²) in [6.07, 6.45) is 0. The highest BCUT2D eigenvalue weighted by atomic mass is 32.3. The van der Waals surface area contributed by atoms with Crippen molar-refractivity contribution in [1.82, 2.24) is 5.32 Å². The van der Waals surface area contributed by atoms with Crippen LogP contribution in [0, 0.1) is 0 Å². The summed E-state index contributed by atoms with van der Waals surface area (Å²) in [5.41, 5.74) is 0.247. The number of amides is 1. The van der Waals surface area contributed by atoms with E-state index in [0.717, 1.165) is 0 Å². The van der Waals surface area contributed by atoms with Gasteiger partial charge in [-0.2, -0.15) is 20.5 Å². The van der Waals surface area contributed by atoms with Gasteiger partial charge in [-0.15, -0.1) is 0 Å². The lowest BCUT2D eigenvalue weighted by molar-refractivity contribution is 0.0963. The fourth-order valence-corrected chi connectivity index (χ4v) is 6.79. The van der Waals surface area contributed by atoms with Crippen LogP contribution in [0.2, 0.25) is 0 Å². The number of fused-ring (bicyclic) bond motifs is 1. The second-order valence-corrected chi connectivity index (χ2v) is 8.52. The second-order valence-electron chi connectivity index (χ2n) is 4.78. The van der Waals surface area contributed by atoms with E-state index in [-0.39, 0.29) is 21.4 Å². The maximum atomic E-state index is 12.5. The number of hydrogen-bond donors (Lipinski definition) is 1. The molecule has 0 saturated heterocycles. The molecule has 0 bridgehead atoms. The van der Waals surface area contributed by atoms with Gasteiger partial charge in [0.1, 0.15) is 9.79 Å². The van der Waals surface area contributed by atoms with E-state index in [4.69, 9.17) is 0 Å². The molecule has 9 heteroatoms. The summed E-state index contributed by atoms with van der Waals surface area (Å²) in [5.74, 6) is -0.355. The minimum Gasteiger partial charge on any atom is -0.355 e. The molecular weight excluding hydrogens is 340 g/mol. The molecule has 1 amide bonds. The Balaban J connectivity index is 2.16. The van der Waals surface area contributed by atoms with Crippen LogP contribution in [-0.4, -0.2) is 29.8 Å². The highest BCUT2D eigenvalue weighted by molar-refractivity contribution is 8.12. The van der Waals surface area contributed by atoms with E-state index in [1.165, 1.54) is 55.6 Å². The van der Waals surface area contributed by atoms with E-state index in [1.54, 1.807) is 0 Å². The van der Waals surface area contributed by atoms with Crippen molar-refractivity contribution in [2.75, 3.05) is 10.8 Å². The smallest absolute Gasteiger partial charge is 0.279 e. The van der Waals surface area contributed by atoms with Gasteiger partial charge >= 0.3 is 0 Å². The monoisotopic (exact) mass is 352 g/mol. The summed E-state index contributed by atoms with van der Waals surface area (Å²) >= 11 is 0. The summed E-state index contributed by atoms with van der Waals surface area (Å²) in [6.45, 7) is 0. The summed E-state index contributed by atoms with van der Waals surface area (Å²) in [6, 6.07) is 10.7. The molecule has 0 aliphatic carbocycles. The Kier molecular flexibility index (Phi) is 3.42. The first-order chi connectivity index (χ1) is 10.8. The zero-order valence-electron chi connectivity index (χ0n) is 11.9. The van der Waals surface area contributed by atoms with Crippen molar-refractivity contribution in [3.63, 3.8) is 0 Å². The van der Waals surface area contributed by atoms with Gasteiger partial charge in [-0.3, -0.25) is 4.79 Å². The first kappa shape index (κ1) is 15.5. The standard InChI is InChI=1S/C14H12N2O5S2/c1-15-14(17)10-6-8-11(9-7-10)16-22(18,19)12-4-2-3-5-13(12)23(16,20)21/h2-9H,1H3,(H,15,17). The predicted molar refractivity (Wildman–Crippen MR) is 83.1 cm³/mol. The molecule has 0 unspecified atom stereocenters. The molecule has 2 aromatic rings. The number of sulfonamides is 2. The zero-order chi connectivity index (χ0) is 16.8. The van der Waals surface area contributed by atoms with Crippen molar-refractivity contribution in [3.05, 3.63) is 54.1 Å². The Bertz CT molecular complexity index is 943. The van der Waals surface area contributed by atoms with Crippen molar-refractivity contribution in [1.29, 1.82) is 0 Å². The molecule has 0 spiro atoms. The van der Waals surface area contributed by atoms with Crippen molar-refractivity contribution in [2.24, 2.45) is 0 Å². The molecule has 3 rings (SSSR count).